The molecule has 1 heterocycles. The van der Waals surface area contributed by atoms with Gasteiger partial charge in [0.2, 0.25) is 0 Å². The molecule has 16 heavy (non-hydrogen) atoms. The van der Waals surface area contributed by atoms with Crippen molar-refractivity contribution in [3.8, 4) is 0 Å². The van der Waals surface area contributed by atoms with E-state index in [9.17, 15) is 15.3 Å². The quantitative estimate of drug-likeness (QED) is 0.479. The van der Waals surface area contributed by atoms with Gasteiger partial charge in [0.05, 0.1) is 12.7 Å². The lowest BCUT2D eigenvalue weighted by Crippen LogP contribution is -2.59. The summed E-state index contributed by atoms with van der Waals surface area (Å²) in [6.07, 6.45) is -5.36. The Bertz CT molecular complexity index is 209. The third kappa shape index (κ3) is 2.91. The van der Waals surface area contributed by atoms with E-state index in [4.69, 9.17) is 14.6 Å². The summed E-state index contributed by atoms with van der Waals surface area (Å²) in [6, 6.07) is 0. The zero-order valence-corrected chi connectivity index (χ0v) is 9.48. The molecule has 1 aliphatic heterocycles. The number of hydrogen-bond acceptors (Lipinski definition) is 6. The van der Waals surface area contributed by atoms with Gasteiger partial charge in [-0.2, -0.15) is 0 Å². The van der Waals surface area contributed by atoms with E-state index in [1.807, 2.05) is 6.92 Å². The summed E-state index contributed by atoms with van der Waals surface area (Å²) in [7, 11) is 0. The molecule has 6 atom stereocenters. The summed E-state index contributed by atoms with van der Waals surface area (Å²) in [4.78, 5) is 0. The fraction of sp³-hybridized carbons (Fsp3) is 1.00. The number of hydrogen-bond donors (Lipinski definition) is 4. The molecule has 0 saturated carbocycles. The van der Waals surface area contributed by atoms with Gasteiger partial charge in [0, 0.05) is 0 Å². The third-order valence-electron chi connectivity index (χ3n) is 2.79. The predicted molar refractivity (Wildman–Crippen MR) is 54.6 cm³/mol. The summed E-state index contributed by atoms with van der Waals surface area (Å²) in [5, 5.41) is 37.6. The Balaban J connectivity index is 2.63. The Labute approximate surface area is 94.4 Å². The van der Waals surface area contributed by atoms with Crippen LogP contribution in [0.5, 0.6) is 0 Å². The molecule has 0 aromatic heterocycles. The average Bonchev–Trinajstić information content (AvgIpc) is 2.29. The highest BCUT2D eigenvalue weighted by Crippen LogP contribution is 2.23. The molecule has 4 N–H and O–H groups in total. The molecule has 6 nitrogen and oxygen atoms in total. The van der Waals surface area contributed by atoms with Crippen LogP contribution in [-0.2, 0) is 9.47 Å². The highest BCUT2D eigenvalue weighted by Gasteiger charge is 2.44. The van der Waals surface area contributed by atoms with Crippen molar-refractivity contribution in [2.75, 3.05) is 6.61 Å². The van der Waals surface area contributed by atoms with Crippen molar-refractivity contribution in [3.63, 3.8) is 0 Å². The van der Waals surface area contributed by atoms with Crippen LogP contribution in [0.4, 0.5) is 0 Å². The number of aliphatic hydroxyl groups is 4. The first-order valence-electron chi connectivity index (χ1n) is 5.47. The Morgan fingerprint density at radius 2 is 1.81 bits per heavy atom. The zero-order valence-electron chi connectivity index (χ0n) is 9.48. The molecule has 0 radical (unpaired) electrons. The van der Waals surface area contributed by atoms with Crippen molar-refractivity contribution in [2.45, 2.75) is 57.1 Å². The van der Waals surface area contributed by atoms with E-state index in [0.29, 0.717) is 0 Å². The van der Waals surface area contributed by atoms with Gasteiger partial charge >= 0.3 is 0 Å². The molecule has 0 aliphatic carbocycles. The minimum absolute atomic E-state index is 0.138. The first kappa shape index (κ1) is 13.8. The smallest absolute Gasteiger partial charge is 0.186 e. The lowest BCUT2D eigenvalue weighted by atomic mass is 9.99. The van der Waals surface area contributed by atoms with Gasteiger partial charge in [0.1, 0.15) is 24.4 Å². The molecule has 1 aliphatic rings. The van der Waals surface area contributed by atoms with E-state index in [1.165, 1.54) is 0 Å². The second-order valence-electron chi connectivity index (χ2n) is 4.05. The van der Waals surface area contributed by atoms with Crippen LogP contribution in [0.25, 0.3) is 0 Å². The first-order chi connectivity index (χ1) is 7.51. The highest BCUT2D eigenvalue weighted by atomic mass is 16.7. The summed E-state index contributed by atoms with van der Waals surface area (Å²) in [5.74, 6) is 0. The molecule has 6 heteroatoms. The Morgan fingerprint density at radius 1 is 1.19 bits per heavy atom. The molecule has 0 spiro atoms. The second-order valence-corrected chi connectivity index (χ2v) is 4.05. The van der Waals surface area contributed by atoms with Crippen LogP contribution in [0.15, 0.2) is 0 Å². The second kappa shape index (κ2) is 5.90. The molecule has 1 fully saturated rings. The van der Waals surface area contributed by atoms with E-state index in [2.05, 4.69) is 0 Å². The van der Waals surface area contributed by atoms with Crippen molar-refractivity contribution in [3.05, 3.63) is 0 Å². The van der Waals surface area contributed by atoms with Gasteiger partial charge in [-0.15, -0.1) is 0 Å². The molecular formula is C10H20O6. The van der Waals surface area contributed by atoms with Crippen molar-refractivity contribution in [2.24, 2.45) is 0 Å². The normalized spacial score (nSPS) is 42.0. The third-order valence-corrected chi connectivity index (χ3v) is 2.79. The van der Waals surface area contributed by atoms with Crippen LogP contribution in [0.2, 0.25) is 0 Å². The van der Waals surface area contributed by atoms with Crippen LogP contribution in [0.3, 0.4) is 0 Å². The predicted octanol–water partition coefficient (Wildman–Crippen LogP) is -1.40. The Kier molecular flexibility index (Phi) is 5.10. The molecule has 0 aromatic rings. The van der Waals surface area contributed by atoms with E-state index in [-0.39, 0.29) is 6.10 Å². The minimum atomic E-state index is -1.38. The summed E-state index contributed by atoms with van der Waals surface area (Å²) < 4.78 is 10.5. The van der Waals surface area contributed by atoms with Crippen molar-refractivity contribution in [1.29, 1.82) is 0 Å². The molecule has 1 unspecified atom stereocenters. The van der Waals surface area contributed by atoms with Gasteiger partial charge in [0.25, 0.3) is 0 Å². The maximum absolute atomic E-state index is 9.62. The van der Waals surface area contributed by atoms with E-state index in [0.717, 1.165) is 6.42 Å². The molecule has 96 valence electrons. The van der Waals surface area contributed by atoms with Crippen LogP contribution in [0, 0.1) is 0 Å². The fourth-order valence-corrected chi connectivity index (χ4v) is 1.50. The maximum Gasteiger partial charge on any atom is 0.186 e. The number of aliphatic hydroxyl groups excluding tert-OH is 4. The molecule has 0 bridgehead atoms. The average molecular weight is 236 g/mol. The van der Waals surface area contributed by atoms with Gasteiger partial charge in [-0.05, 0) is 13.3 Å². The van der Waals surface area contributed by atoms with Crippen molar-refractivity contribution >= 4 is 0 Å². The molecule has 1 rings (SSSR count). The molecule has 0 amide bonds. The summed E-state index contributed by atoms with van der Waals surface area (Å²) >= 11 is 0. The van der Waals surface area contributed by atoms with Crippen molar-refractivity contribution < 1.29 is 29.9 Å². The van der Waals surface area contributed by atoms with Gasteiger partial charge in [-0.3, -0.25) is 0 Å². The van der Waals surface area contributed by atoms with Gasteiger partial charge in [-0.25, -0.2) is 0 Å². The minimum Gasteiger partial charge on any atom is -0.394 e. The summed E-state index contributed by atoms with van der Waals surface area (Å²) in [6.45, 7) is 3.28. The van der Waals surface area contributed by atoms with E-state index >= 15 is 0 Å². The standard InChI is InChI=1S/C10H20O6/c1-3-5(2)15-10-9(14)8(13)7(12)6(4-11)16-10/h5-14H,3-4H2,1-2H3/t5?,6-,7-,8+,9+,10+/m1/s1. The molecular weight excluding hydrogens is 216 g/mol. The highest BCUT2D eigenvalue weighted by molar-refractivity contribution is 4.89. The van der Waals surface area contributed by atoms with Crippen LogP contribution in [0.1, 0.15) is 20.3 Å². The van der Waals surface area contributed by atoms with Crippen molar-refractivity contribution in [1.82, 2.24) is 0 Å². The van der Waals surface area contributed by atoms with E-state index in [1.54, 1.807) is 6.92 Å². The lowest BCUT2D eigenvalue weighted by Gasteiger charge is -2.40. The van der Waals surface area contributed by atoms with Gasteiger partial charge < -0.3 is 29.9 Å². The molecule has 1 saturated heterocycles. The van der Waals surface area contributed by atoms with Gasteiger partial charge in [0.15, 0.2) is 6.29 Å². The Hall–Kier alpha value is -0.240. The summed E-state index contributed by atoms with van der Waals surface area (Å²) in [5.41, 5.74) is 0. The largest absolute Gasteiger partial charge is 0.394 e. The number of rotatable bonds is 4. The molecule has 0 aromatic carbocycles. The lowest BCUT2D eigenvalue weighted by molar-refractivity contribution is -0.310. The Morgan fingerprint density at radius 3 is 2.31 bits per heavy atom. The van der Waals surface area contributed by atoms with E-state index < -0.39 is 37.3 Å². The maximum atomic E-state index is 9.62. The topological polar surface area (TPSA) is 99.4 Å². The van der Waals surface area contributed by atoms with Gasteiger partial charge in [-0.1, -0.05) is 6.92 Å². The fourth-order valence-electron chi connectivity index (χ4n) is 1.50. The SMILES string of the molecule is CCC(C)O[C@H]1O[C@H](CO)[C@@H](O)[C@H](O)[C@@H]1O. The van der Waals surface area contributed by atoms with Crippen LogP contribution >= 0.6 is 0 Å². The first-order valence-corrected chi connectivity index (χ1v) is 5.47. The monoisotopic (exact) mass is 236 g/mol. The zero-order chi connectivity index (χ0) is 12.3. The van der Waals surface area contributed by atoms with Crippen LogP contribution in [-0.4, -0.2) is 63.8 Å². The van der Waals surface area contributed by atoms with Crippen LogP contribution < -0.4 is 0 Å². The number of ether oxygens (including phenoxy) is 2.